The minimum atomic E-state index is -0.745. The molecule has 1 aromatic heterocycles. The van der Waals surface area contributed by atoms with Gasteiger partial charge in [0.2, 0.25) is 5.91 Å². The Hall–Kier alpha value is -2.96. The van der Waals surface area contributed by atoms with E-state index in [9.17, 15) is 9.59 Å². The van der Waals surface area contributed by atoms with E-state index in [1.807, 2.05) is 79.0 Å². The van der Waals surface area contributed by atoms with Crippen LogP contribution in [-0.2, 0) is 9.53 Å². The maximum atomic E-state index is 12.8. The molecular formula is C24H26N2O3S. The van der Waals surface area contributed by atoms with Crippen molar-refractivity contribution in [2.45, 2.75) is 25.5 Å². The molecule has 3 aromatic rings. The lowest BCUT2D eigenvalue weighted by molar-refractivity contribution is -0.123. The van der Waals surface area contributed by atoms with E-state index in [0.717, 1.165) is 11.1 Å². The average Bonchev–Trinajstić information content (AvgIpc) is 3.33. The zero-order valence-corrected chi connectivity index (χ0v) is 17.7. The van der Waals surface area contributed by atoms with Crippen molar-refractivity contribution in [1.29, 1.82) is 0 Å². The Kier molecular flexibility index (Phi) is 8.18. The van der Waals surface area contributed by atoms with E-state index >= 15 is 0 Å². The first-order valence-corrected chi connectivity index (χ1v) is 10.9. The number of ether oxygens (including phenoxy) is 1. The van der Waals surface area contributed by atoms with Crippen LogP contribution in [0.15, 0.2) is 78.2 Å². The van der Waals surface area contributed by atoms with E-state index in [1.165, 1.54) is 11.3 Å². The molecule has 2 aromatic carbocycles. The third kappa shape index (κ3) is 6.27. The molecule has 0 saturated heterocycles. The molecule has 0 aliphatic carbocycles. The lowest BCUT2D eigenvalue weighted by atomic mass is 10.1. The van der Waals surface area contributed by atoms with Crippen LogP contribution in [0, 0.1) is 0 Å². The molecule has 5 nitrogen and oxygen atoms in total. The molecule has 0 aliphatic rings. The molecule has 2 N–H and O–H groups in total. The molecule has 0 unspecified atom stereocenters. The number of hydrogen-bond acceptors (Lipinski definition) is 4. The molecule has 2 amide bonds. The van der Waals surface area contributed by atoms with Gasteiger partial charge in [0.15, 0.2) is 0 Å². The van der Waals surface area contributed by atoms with Crippen molar-refractivity contribution in [1.82, 2.24) is 10.6 Å². The van der Waals surface area contributed by atoms with Gasteiger partial charge in [-0.05, 0) is 35.9 Å². The number of nitrogens with one attached hydrogen (secondary N) is 2. The number of thiophene rings is 1. The average molecular weight is 423 g/mol. The minimum Gasteiger partial charge on any atom is -0.374 e. The second-order valence-corrected chi connectivity index (χ2v) is 7.81. The quantitative estimate of drug-likeness (QED) is 0.473. The summed E-state index contributed by atoms with van der Waals surface area (Å²) in [4.78, 5) is 25.9. The molecule has 0 spiro atoms. The van der Waals surface area contributed by atoms with Gasteiger partial charge in [-0.25, -0.2) is 0 Å². The predicted octanol–water partition coefficient (Wildman–Crippen LogP) is 4.50. The van der Waals surface area contributed by atoms with Crippen molar-refractivity contribution >= 4 is 23.2 Å². The van der Waals surface area contributed by atoms with Crippen LogP contribution in [-0.4, -0.2) is 25.0 Å². The summed E-state index contributed by atoms with van der Waals surface area (Å²) in [6.07, 6.45) is 0.688. The summed E-state index contributed by atoms with van der Waals surface area (Å²) >= 11 is 1.34. The molecule has 0 saturated carbocycles. The first-order valence-electron chi connectivity index (χ1n) is 9.98. The van der Waals surface area contributed by atoms with Gasteiger partial charge in [0.25, 0.3) is 5.91 Å². The lowest BCUT2D eigenvalue weighted by Crippen LogP contribution is -2.40. The van der Waals surface area contributed by atoms with Crippen LogP contribution in [0.2, 0.25) is 0 Å². The van der Waals surface area contributed by atoms with Gasteiger partial charge in [0.1, 0.15) is 6.04 Å². The summed E-state index contributed by atoms with van der Waals surface area (Å²) in [5.41, 5.74) is 1.87. The Morgan fingerprint density at radius 1 is 0.933 bits per heavy atom. The van der Waals surface area contributed by atoms with E-state index in [-0.39, 0.29) is 17.9 Å². The van der Waals surface area contributed by atoms with Crippen LogP contribution in [0.4, 0.5) is 0 Å². The van der Waals surface area contributed by atoms with Crippen LogP contribution in [0.5, 0.6) is 0 Å². The molecule has 6 heteroatoms. The van der Waals surface area contributed by atoms with Crippen molar-refractivity contribution in [3.8, 4) is 0 Å². The summed E-state index contributed by atoms with van der Waals surface area (Å²) in [6.45, 7) is 3.02. The maximum Gasteiger partial charge on any atom is 0.262 e. The van der Waals surface area contributed by atoms with Gasteiger partial charge >= 0.3 is 0 Å². The van der Waals surface area contributed by atoms with Crippen molar-refractivity contribution in [3.63, 3.8) is 0 Å². The summed E-state index contributed by atoms with van der Waals surface area (Å²) in [5, 5.41) is 7.60. The molecular weight excluding hydrogens is 396 g/mol. The second-order valence-electron chi connectivity index (χ2n) is 6.86. The molecule has 30 heavy (non-hydrogen) atoms. The zero-order valence-electron chi connectivity index (χ0n) is 16.9. The van der Waals surface area contributed by atoms with E-state index < -0.39 is 6.04 Å². The Labute approximate surface area is 181 Å². The van der Waals surface area contributed by atoms with Crippen LogP contribution in [0.3, 0.4) is 0 Å². The lowest BCUT2D eigenvalue weighted by Gasteiger charge is -2.19. The topological polar surface area (TPSA) is 67.4 Å². The van der Waals surface area contributed by atoms with Gasteiger partial charge < -0.3 is 15.4 Å². The fraction of sp³-hybridized carbons (Fsp3) is 0.250. The largest absolute Gasteiger partial charge is 0.374 e. The highest BCUT2D eigenvalue weighted by Crippen LogP contribution is 2.17. The van der Waals surface area contributed by atoms with E-state index in [1.54, 1.807) is 6.07 Å². The SMILES string of the molecule is C[C@H](OCCCNC(=O)[C@H](NC(=O)c1cccs1)c1ccccc1)c1ccccc1. The van der Waals surface area contributed by atoms with Crippen LogP contribution >= 0.6 is 11.3 Å². The Bertz CT molecular complexity index is 914. The van der Waals surface area contributed by atoms with Crippen LogP contribution in [0.1, 0.15) is 46.3 Å². The van der Waals surface area contributed by atoms with Gasteiger partial charge in [-0.3, -0.25) is 9.59 Å². The number of rotatable bonds is 10. The highest BCUT2D eigenvalue weighted by atomic mass is 32.1. The third-order valence-corrected chi connectivity index (χ3v) is 5.54. The minimum absolute atomic E-state index is 0.00375. The zero-order chi connectivity index (χ0) is 21.2. The molecule has 156 valence electrons. The fourth-order valence-electron chi connectivity index (χ4n) is 3.02. The second kappa shape index (κ2) is 11.3. The normalized spacial score (nSPS) is 12.7. The standard InChI is InChI=1S/C24H26N2O3S/c1-18(19-10-4-2-5-11-19)29-16-9-15-25-24(28)22(20-12-6-3-7-13-20)26-23(27)21-14-8-17-30-21/h2-8,10-14,17-18,22H,9,15-16H2,1H3,(H,25,28)(H,26,27)/t18-,22+/m0/s1. The summed E-state index contributed by atoms with van der Waals surface area (Å²) < 4.78 is 5.85. The first kappa shape index (κ1) is 21.7. The van der Waals surface area contributed by atoms with E-state index in [2.05, 4.69) is 10.6 Å². The van der Waals surface area contributed by atoms with Crippen molar-refractivity contribution in [2.75, 3.05) is 13.2 Å². The molecule has 0 radical (unpaired) electrons. The van der Waals surface area contributed by atoms with Gasteiger partial charge in [0, 0.05) is 13.2 Å². The number of amides is 2. The van der Waals surface area contributed by atoms with Gasteiger partial charge in [-0.1, -0.05) is 66.7 Å². The maximum absolute atomic E-state index is 12.8. The fourth-order valence-corrected chi connectivity index (χ4v) is 3.65. The number of benzene rings is 2. The Balaban J connectivity index is 1.50. The molecule has 0 aliphatic heterocycles. The monoisotopic (exact) mass is 422 g/mol. The molecule has 0 fully saturated rings. The number of carbonyl (C=O) groups is 2. The predicted molar refractivity (Wildman–Crippen MR) is 119 cm³/mol. The third-order valence-electron chi connectivity index (χ3n) is 4.67. The summed E-state index contributed by atoms with van der Waals surface area (Å²) in [5.74, 6) is -0.490. The van der Waals surface area contributed by atoms with E-state index in [0.29, 0.717) is 24.4 Å². The van der Waals surface area contributed by atoms with Gasteiger partial charge in [-0.15, -0.1) is 11.3 Å². The molecule has 3 rings (SSSR count). The first-order chi connectivity index (χ1) is 14.6. The molecule has 0 bridgehead atoms. The number of hydrogen-bond donors (Lipinski definition) is 2. The summed E-state index contributed by atoms with van der Waals surface area (Å²) in [7, 11) is 0. The summed E-state index contributed by atoms with van der Waals surface area (Å²) in [6, 6.07) is 22.1. The molecule has 2 atom stereocenters. The van der Waals surface area contributed by atoms with Crippen molar-refractivity contribution in [3.05, 3.63) is 94.2 Å². The Morgan fingerprint density at radius 3 is 2.23 bits per heavy atom. The van der Waals surface area contributed by atoms with Crippen LogP contribution in [0.25, 0.3) is 0 Å². The van der Waals surface area contributed by atoms with E-state index in [4.69, 9.17) is 4.74 Å². The number of carbonyl (C=O) groups excluding carboxylic acids is 2. The molecule has 1 heterocycles. The van der Waals surface area contributed by atoms with Gasteiger partial charge in [0.05, 0.1) is 11.0 Å². The smallest absolute Gasteiger partial charge is 0.262 e. The highest BCUT2D eigenvalue weighted by molar-refractivity contribution is 7.12. The van der Waals surface area contributed by atoms with Crippen molar-refractivity contribution in [2.24, 2.45) is 0 Å². The highest BCUT2D eigenvalue weighted by Gasteiger charge is 2.23. The Morgan fingerprint density at radius 2 is 1.60 bits per heavy atom. The van der Waals surface area contributed by atoms with Gasteiger partial charge in [-0.2, -0.15) is 0 Å². The van der Waals surface area contributed by atoms with Crippen LogP contribution < -0.4 is 10.6 Å². The van der Waals surface area contributed by atoms with Crippen molar-refractivity contribution < 1.29 is 14.3 Å².